The Morgan fingerprint density at radius 1 is 1.46 bits per heavy atom. The summed E-state index contributed by atoms with van der Waals surface area (Å²) in [4.78, 5) is 36.0. The predicted octanol–water partition coefficient (Wildman–Crippen LogP) is 2.47. The van der Waals surface area contributed by atoms with Crippen molar-refractivity contribution < 1.29 is 19.2 Å². The van der Waals surface area contributed by atoms with Crippen LogP contribution in [0, 0.1) is 17.0 Å². The molecular formula is C16H18N4O5S. The molecular weight excluding hydrogens is 360 g/mol. The van der Waals surface area contributed by atoms with E-state index < -0.39 is 16.8 Å². The standard InChI is InChI=1S/C16H18N4O5S/c1-3-25-16(22)14-10-5-4-6-11(10)26-15(14)17-13(21)8-19-9(2)7-12(18-19)20(23)24/h7H,3-6,8H2,1-2H3,(H,17,21). The minimum Gasteiger partial charge on any atom is -0.462 e. The molecule has 0 saturated heterocycles. The van der Waals surface area contributed by atoms with Crippen LogP contribution >= 0.6 is 11.3 Å². The molecule has 1 aliphatic carbocycles. The van der Waals surface area contributed by atoms with E-state index in [1.165, 1.54) is 22.1 Å². The predicted molar refractivity (Wildman–Crippen MR) is 94.5 cm³/mol. The third-order valence-electron chi connectivity index (χ3n) is 4.10. The van der Waals surface area contributed by atoms with Gasteiger partial charge in [-0.3, -0.25) is 4.79 Å². The van der Waals surface area contributed by atoms with Gasteiger partial charge >= 0.3 is 11.8 Å². The lowest BCUT2D eigenvalue weighted by atomic mass is 10.1. The second kappa shape index (κ2) is 7.24. The summed E-state index contributed by atoms with van der Waals surface area (Å²) in [5, 5.41) is 17.8. The maximum absolute atomic E-state index is 12.4. The van der Waals surface area contributed by atoms with Crippen molar-refractivity contribution in [2.24, 2.45) is 0 Å². The van der Waals surface area contributed by atoms with Crippen LogP contribution in [0.1, 0.15) is 39.8 Å². The van der Waals surface area contributed by atoms with E-state index >= 15 is 0 Å². The quantitative estimate of drug-likeness (QED) is 0.469. The maximum Gasteiger partial charge on any atom is 0.390 e. The number of aromatic nitrogens is 2. The van der Waals surface area contributed by atoms with Crippen molar-refractivity contribution in [3.63, 3.8) is 0 Å². The number of carbonyl (C=O) groups excluding carboxylic acids is 2. The first-order chi connectivity index (χ1) is 12.4. The number of fused-ring (bicyclic) bond motifs is 1. The summed E-state index contributed by atoms with van der Waals surface area (Å²) in [5.74, 6) is -1.15. The molecule has 26 heavy (non-hydrogen) atoms. The fraction of sp³-hybridized carbons (Fsp3) is 0.438. The number of nitro groups is 1. The van der Waals surface area contributed by atoms with Gasteiger partial charge in [-0.2, -0.15) is 4.68 Å². The van der Waals surface area contributed by atoms with Crippen LogP contribution in [0.3, 0.4) is 0 Å². The first-order valence-corrected chi connectivity index (χ1v) is 9.02. The lowest BCUT2D eigenvalue weighted by Gasteiger charge is -2.07. The van der Waals surface area contributed by atoms with Crippen LogP contribution in [0.4, 0.5) is 10.8 Å². The van der Waals surface area contributed by atoms with Crippen LogP contribution in [-0.2, 0) is 28.9 Å². The number of thiophene rings is 1. The van der Waals surface area contributed by atoms with E-state index in [1.54, 1.807) is 13.8 Å². The Morgan fingerprint density at radius 2 is 2.23 bits per heavy atom. The van der Waals surface area contributed by atoms with Crippen LogP contribution in [0.25, 0.3) is 0 Å². The molecule has 1 amide bonds. The van der Waals surface area contributed by atoms with Crippen LogP contribution in [0.2, 0.25) is 0 Å². The zero-order chi connectivity index (χ0) is 18.8. The first-order valence-electron chi connectivity index (χ1n) is 8.21. The highest BCUT2D eigenvalue weighted by Gasteiger charge is 2.28. The summed E-state index contributed by atoms with van der Waals surface area (Å²) < 4.78 is 6.39. The molecule has 0 fully saturated rings. The molecule has 0 aromatic carbocycles. The van der Waals surface area contributed by atoms with E-state index in [9.17, 15) is 19.7 Å². The third-order valence-corrected chi connectivity index (χ3v) is 5.31. The molecule has 1 N–H and O–H groups in total. The number of amides is 1. The maximum atomic E-state index is 12.4. The van der Waals surface area contributed by atoms with E-state index in [0.717, 1.165) is 29.7 Å². The largest absolute Gasteiger partial charge is 0.462 e. The molecule has 10 heteroatoms. The van der Waals surface area contributed by atoms with Gasteiger partial charge in [0.05, 0.1) is 29.0 Å². The number of ether oxygens (including phenoxy) is 1. The lowest BCUT2D eigenvalue weighted by Crippen LogP contribution is -2.21. The Hall–Kier alpha value is -2.75. The summed E-state index contributed by atoms with van der Waals surface area (Å²) in [6, 6.07) is 1.30. The average Bonchev–Trinajstić information content (AvgIpc) is 3.22. The van der Waals surface area contributed by atoms with Gasteiger partial charge in [0.25, 0.3) is 0 Å². The van der Waals surface area contributed by atoms with Crippen LogP contribution in [0.5, 0.6) is 0 Å². The van der Waals surface area contributed by atoms with Gasteiger partial charge in [0.15, 0.2) is 0 Å². The molecule has 0 atom stereocenters. The fourth-order valence-corrected chi connectivity index (χ4v) is 4.25. The van der Waals surface area contributed by atoms with Gasteiger partial charge in [0.2, 0.25) is 5.91 Å². The summed E-state index contributed by atoms with van der Waals surface area (Å²) in [6.45, 7) is 3.45. The molecule has 9 nitrogen and oxygen atoms in total. The highest BCUT2D eigenvalue weighted by Crippen LogP contribution is 2.39. The monoisotopic (exact) mass is 378 g/mol. The summed E-state index contributed by atoms with van der Waals surface area (Å²) in [5.41, 5.74) is 1.89. The Balaban J connectivity index is 1.79. The van der Waals surface area contributed by atoms with Crippen LogP contribution < -0.4 is 5.32 Å². The number of anilines is 1. The molecule has 0 unspecified atom stereocenters. The van der Waals surface area contributed by atoms with E-state index in [2.05, 4.69) is 10.4 Å². The van der Waals surface area contributed by atoms with E-state index in [-0.39, 0.29) is 19.0 Å². The number of hydrogen-bond acceptors (Lipinski definition) is 7. The number of aryl methyl sites for hydroxylation is 2. The normalized spacial score (nSPS) is 12.7. The Kier molecular flexibility index (Phi) is 5.03. The molecule has 2 heterocycles. The van der Waals surface area contributed by atoms with Gasteiger partial charge in [-0.1, -0.05) is 0 Å². The van der Waals surface area contributed by atoms with Crippen molar-refractivity contribution in [1.82, 2.24) is 9.78 Å². The molecule has 0 bridgehead atoms. The Morgan fingerprint density at radius 3 is 2.88 bits per heavy atom. The zero-order valence-electron chi connectivity index (χ0n) is 14.4. The molecule has 0 radical (unpaired) electrons. The second-order valence-corrected chi connectivity index (χ2v) is 6.99. The van der Waals surface area contributed by atoms with Gasteiger partial charge in [-0.05, 0) is 43.6 Å². The van der Waals surface area contributed by atoms with E-state index in [4.69, 9.17) is 4.74 Å². The van der Waals surface area contributed by atoms with Crippen molar-refractivity contribution in [3.8, 4) is 0 Å². The smallest absolute Gasteiger partial charge is 0.390 e. The van der Waals surface area contributed by atoms with Crippen LogP contribution in [-0.4, -0.2) is 33.2 Å². The molecule has 138 valence electrons. The SMILES string of the molecule is CCOC(=O)c1c(NC(=O)Cn2nc([N+](=O)[O-])cc2C)sc2c1CCC2. The second-order valence-electron chi connectivity index (χ2n) is 5.89. The molecule has 3 rings (SSSR count). The van der Waals surface area contributed by atoms with E-state index in [1.807, 2.05) is 0 Å². The first kappa shape index (κ1) is 18.1. The number of nitrogens with one attached hydrogen (secondary N) is 1. The minimum absolute atomic E-state index is 0.176. The zero-order valence-corrected chi connectivity index (χ0v) is 15.2. The average molecular weight is 378 g/mol. The molecule has 0 aliphatic heterocycles. The molecule has 0 spiro atoms. The molecule has 0 saturated carbocycles. The van der Waals surface area contributed by atoms with Gasteiger partial charge < -0.3 is 20.2 Å². The minimum atomic E-state index is -0.607. The molecule has 1 aliphatic rings. The third kappa shape index (κ3) is 3.45. The fourth-order valence-electron chi connectivity index (χ4n) is 2.96. The summed E-state index contributed by atoms with van der Waals surface area (Å²) in [6.07, 6.45) is 2.66. The van der Waals surface area contributed by atoms with Crippen LogP contribution in [0.15, 0.2) is 6.07 Å². The van der Waals surface area contributed by atoms with Crippen molar-refractivity contribution in [2.45, 2.75) is 39.7 Å². The van der Waals surface area contributed by atoms with Gasteiger partial charge in [0.1, 0.15) is 11.5 Å². The lowest BCUT2D eigenvalue weighted by molar-refractivity contribution is -0.389. The summed E-state index contributed by atoms with van der Waals surface area (Å²) >= 11 is 1.39. The van der Waals surface area contributed by atoms with Gasteiger partial charge in [-0.25, -0.2) is 4.79 Å². The van der Waals surface area contributed by atoms with Gasteiger partial charge in [-0.15, -0.1) is 11.3 Å². The number of rotatable bonds is 6. The van der Waals surface area contributed by atoms with Crippen molar-refractivity contribution in [3.05, 3.63) is 37.9 Å². The number of esters is 1. The number of hydrogen-bond donors (Lipinski definition) is 1. The topological polar surface area (TPSA) is 116 Å². The van der Waals surface area contributed by atoms with Crippen molar-refractivity contribution in [2.75, 3.05) is 11.9 Å². The number of nitrogens with zero attached hydrogens (tertiary/aromatic N) is 3. The Labute approximate surface area is 153 Å². The van der Waals surface area contributed by atoms with Gasteiger partial charge in [0, 0.05) is 4.88 Å². The molecule has 2 aromatic heterocycles. The summed E-state index contributed by atoms with van der Waals surface area (Å²) in [7, 11) is 0. The van der Waals surface area contributed by atoms with Crippen molar-refractivity contribution >= 4 is 34.0 Å². The highest BCUT2D eigenvalue weighted by molar-refractivity contribution is 7.17. The van der Waals surface area contributed by atoms with E-state index in [0.29, 0.717) is 16.3 Å². The molecule has 2 aromatic rings. The highest BCUT2D eigenvalue weighted by atomic mass is 32.1. The number of carbonyl (C=O) groups is 2. The van der Waals surface area contributed by atoms with Crippen molar-refractivity contribution in [1.29, 1.82) is 0 Å². The Bertz CT molecular complexity index is 886.